The smallest absolute Gasteiger partial charge is 0.0670 e. The van der Waals surface area contributed by atoms with E-state index in [1.165, 1.54) is 44.5 Å². The first-order chi connectivity index (χ1) is 15.4. The molecule has 2 aliphatic rings. The second kappa shape index (κ2) is 7.25. The van der Waals surface area contributed by atoms with E-state index in [2.05, 4.69) is 121 Å². The van der Waals surface area contributed by atoms with E-state index in [1.54, 1.807) is 0 Å². The molecule has 0 fully saturated rings. The predicted octanol–water partition coefficient (Wildman–Crippen LogP) is 7.48. The summed E-state index contributed by atoms with van der Waals surface area (Å²) in [7, 11) is 0. The summed E-state index contributed by atoms with van der Waals surface area (Å²) < 4.78 is 0. The molecule has 4 aromatic rings. The number of hydrogen-bond acceptors (Lipinski definition) is 0. The van der Waals surface area contributed by atoms with Crippen molar-refractivity contribution in [3.63, 3.8) is 0 Å². The molecule has 0 spiro atoms. The molecule has 4 aromatic carbocycles. The van der Waals surface area contributed by atoms with Gasteiger partial charge in [0, 0.05) is 0 Å². The summed E-state index contributed by atoms with van der Waals surface area (Å²) in [5.74, 6) is 0. The topological polar surface area (TPSA) is 0 Å². The van der Waals surface area contributed by atoms with Crippen LogP contribution >= 0.6 is 0 Å². The first-order valence-electron chi connectivity index (χ1n) is 11.1. The molecule has 0 saturated carbocycles. The second-order valence-corrected chi connectivity index (χ2v) is 8.47. The van der Waals surface area contributed by atoms with Gasteiger partial charge < -0.3 is 0 Å². The van der Waals surface area contributed by atoms with E-state index in [4.69, 9.17) is 0 Å². The van der Waals surface area contributed by atoms with Crippen molar-refractivity contribution in [2.75, 3.05) is 0 Å². The second-order valence-electron chi connectivity index (χ2n) is 8.47. The van der Waals surface area contributed by atoms with Gasteiger partial charge in [-0.2, -0.15) is 0 Å². The maximum absolute atomic E-state index is 2.36. The van der Waals surface area contributed by atoms with Gasteiger partial charge in [-0.25, -0.2) is 0 Å². The lowest BCUT2D eigenvalue weighted by Crippen LogP contribution is -2.32. The zero-order valence-corrected chi connectivity index (χ0v) is 17.5. The van der Waals surface area contributed by atoms with E-state index in [0.29, 0.717) is 0 Å². The van der Waals surface area contributed by atoms with Crippen LogP contribution < -0.4 is 0 Å². The van der Waals surface area contributed by atoms with Crippen molar-refractivity contribution < 1.29 is 0 Å². The average Bonchev–Trinajstić information content (AvgIpc) is 3.50. The van der Waals surface area contributed by atoms with Crippen molar-refractivity contribution in [2.24, 2.45) is 0 Å². The fraction of sp³-hybridized carbons (Fsp3) is 0.0968. The Bertz CT molecular complexity index is 1270. The Labute approximate surface area is 184 Å². The summed E-state index contributed by atoms with van der Waals surface area (Å²) in [6.07, 6.45) is 8.80. The fourth-order valence-corrected chi connectivity index (χ4v) is 5.63. The van der Waals surface area contributed by atoms with Crippen LogP contribution in [-0.2, 0) is 11.8 Å². The van der Waals surface area contributed by atoms with Crippen molar-refractivity contribution in [1.29, 1.82) is 0 Å². The van der Waals surface area contributed by atoms with Gasteiger partial charge in [-0.3, -0.25) is 0 Å². The zero-order chi connectivity index (χ0) is 20.7. The number of rotatable bonds is 4. The molecule has 0 aromatic heterocycles. The van der Waals surface area contributed by atoms with E-state index in [0.717, 1.165) is 12.8 Å². The van der Waals surface area contributed by atoms with Gasteiger partial charge in [0.05, 0.1) is 5.41 Å². The van der Waals surface area contributed by atoms with Crippen LogP contribution in [0.3, 0.4) is 0 Å². The van der Waals surface area contributed by atoms with Crippen LogP contribution in [0.2, 0.25) is 0 Å². The third-order valence-electron chi connectivity index (χ3n) is 6.92. The first-order valence-corrected chi connectivity index (χ1v) is 11.1. The fourth-order valence-electron chi connectivity index (χ4n) is 5.63. The number of benzene rings is 4. The average molecular weight is 397 g/mol. The standard InChI is InChI=1S/C31H24/c1-3-13-24(14-4-1)31(26-17-8-9-18-26,25-15-5-2-6-16-25)30-21-11-20-28-27-19-10-7-12-23(27)22-29(28)30/h1-17,19-21H,18,22H2. The Morgan fingerprint density at radius 3 is 1.90 bits per heavy atom. The summed E-state index contributed by atoms with van der Waals surface area (Å²) in [5, 5.41) is 0. The largest absolute Gasteiger partial charge is 0.0804 e. The lowest BCUT2D eigenvalue weighted by molar-refractivity contribution is 0.704. The number of fused-ring (bicyclic) bond motifs is 3. The van der Waals surface area contributed by atoms with Gasteiger partial charge in [0.25, 0.3) is 0 Å². The quantitative estimate of drug-likeness (QED) is 0.276. The molecule has 31 heavy (non-hydrogen) atoms. The number of hydrogen-bond donors (Lipinski definition) is 0. The third-order valence-corrected chi connectivity index (χ3v) is 6.92. The van der Waals surface area contributed by atoms with Crippen LogP contribution in [0.15, 0.2) is 127 Å². The van der Waals surface area contributed by atoms with Gasteiger partial charge in [0.15, 0.2) is 0 Å². The van der Waals surface area contributed by atoms with Gasteiger partial charge in [-0.05, 0) is 57.4 Å². The van der Waals surface area contributed by atoms with E-state index < -0.39 is 0 Å². The minimum atomic E-state index is -0.306. The van der Waals surface area contributed by atoms with Crippen LogP contribution in [0, 0.1) is 0 Å². The van der Waals surface area contributed by atoms with E-state index >= 15 is 0 Å². The molecule has 0 bridgehead atoms. The summed E-state index contributed by atoms with van der Waals surface area (Å²) in [6, 6.07) is 37.9. The number of allylic oxidation sites excluding steroid dienone is 4. The Hall–Kier alpha value is -3.64. The molecule has 0 amide bonds. The molecule has 148 valence electrons. The van der Waals surface area contributed by atoms with Gasteiger partial charge in [0.2, 0.25) is 0 Å². The van der Waals surface area contributed by atoms with Crippen LogP contribution in [0.1, 0.15) is 34.2 Å². The van der Waals surface area contributed by atoms with Gasteiger partial charge in [-0.1, -0.05) is 121 Å². The highest BCUT2D eigenvalue weighted by Crippen LogP contribution is 2.51. The van der Waals surface area contributed by atoms with Gasteiger partial charge >= 0.3 is 0 Å². The Morgan fingerprint density at radius 1 is 0.581 bits per heavy atom. The van der Waals surface area contributed by atoms with Crippen molar-refractivity contribution in [1.82, 2.24) is 0 Å². The molecule has 0 nitrogen and oxygen atoms in total. The van der Waals surface area contributed by atoms with Crippen molar-refractivity contribution in [2.45, 2.75) is 18.3 Å². The molecule has 0 heterocycles. The van der Waals surface area contributed by atoms with Crippen molar-refractivity contribution >= 4 is 0 Å². The summed E-state index contributed by atoms with van der Waals surface area (Å²) in [4.78, 5) is 0. The molecule has 6 rings (SSSR count). The minimum Gasteiger partial charge on any atom is -0.0804 e. The molecular weight excluding hydrogens is 372 g/mol. The molecule has 0 radical (unpaired) electrons. The highest BCUT2D eigenvalue weighted by Gasteiger charge is 2.42. The van der Waals surface area contributed by atoms with Crippen LogP contribution in [0.5, 0.6) is 0 Å². The van der Waals surface area contributed by atoms with Gasteiger partial charge in [0.1, 0.15) is 0 Å². The molecule has 0 saturated heterocycles. The molecule has 0 N–H and O–H groups in total. The van der Waals surface area contributed by atoms with E-state index in [-0.39, 0.29) is 5.41 Å². The van der Waals surface area contributed by atoms with Crippen LogP contribution in [-0.4, -0.2) is 0 Å². The monoisotopic (exact) mass is 396 g/mol. The lowest BCUT2D eigenvalue weighted by Gasteiger charge is -2.39. The first kappa shape index (κ1) is 18.2. The molecule has 0 atom stereocenters. The molecule has 2 aliphatic carbocycles. The minimum absolute atomic E-state index is 0.306. The zero-order valence-electron chi connectivity index (χ0n) is 17.5. The van der Waals surface area contributed by atoms with Crippen molar-refractivity contribution in [3.05, 3.63) is 155 Å². The molecular formula is C31H24. The summed E-state index contributed by atoms with van der Waals surface area (Å²) in [5.41, 5.74) is 10.9. The van der Waals surface area contributed by atoms with Crippen LogP contribution in [0.25, 0.3) is 11.1 Å². The third kappa shape index (κ3) is 2.68. The molecule has 0 aliphatic heterocycles. The highest BCUT2D eigenvalue weighted by atomic mass is 14.4. The SMILES string of the molecule is C1=CCC(C(c2ccccc2)(c2ccccc2)c2cccc3c2Cc2ccccc2-3)=C1. The van der Waals surface area contributed by atoms with E-state index in [9.17, 15) is 0 Å². The normalized spacial score (nSPS) is 14.3. The highest BCUT2D eigenvalue weighted by molar-refractivity contribution is 5.80. The Morgan fingerprint density at radius 2 is 1.23 bits per heavy atom. The maximum atomic E-state index is 2.36. The summed E-state index contributed by atoms with van der Waals surface area (Å²) >= 11 is 0. The predicted molar refractivity (Wildman–Crippen MR) is 129 cm³/mol. The Kier molecular flexibility index (Phi) is 4.25. The lowest BCUT2D eigenvalue weighted by atomic mass is 9.63. The van der Waals surface area contributed by atoms with Gasteiger partial charge in [-0.15, -0.1) is 0 Å². The van der Waals surface area contributed by atoms with Crippen LogP contribution in [0.4, 0.5) is 0 Å². The van der Waals surface area contributed by atoms with Crippen molar-refractivity contribution in [3.8, 4) is 11.1 Å². The van der Waals surface area contributed by atoms with E-state index in [1.807, 2.05) is 0 Å². The maximum Gasteiger partial charge on any atom is 0.0670 e. The summed E-state index contributed by atoms with van der Waals surface area (Å²) in [6.45, 7) is 0. The molecule has 0 heteroatoms. The molecule has 0 unspecified atom stereocenters. The Balaban J connectivity index is 1.71.